The van der Waals surface area contributed by atoms with Gasteiger partial charge in [-0.05, 0) is 24.3 Å². The second kappa shape index (κ2) is 5.73. The molecule has 0 bridgehead atoms. The predicted molar refractivity (Wildman–Crippen MR) is 82.9 cm³/mol. The number of methoxy groups -OCH3 is 1. The Balaban J connectivity index is 2.34. The first-order valence-corrected chi connectivity index (χ1v) is 6.69. The van der Waals surface area contributed by atoms with Crippen molar-refractivity contribution in [1.82, 2.24) is 0 Å². The van der Waals surface area contributed by atoms with E-state index in [1.807, 2.05) is 42.5 Å². The molecule has 0 aliphatic carbocycles. The van der Waals surface area contributed by atoms with Crippen molar-refractivity contribution in [1.29, 1.82) is 0 Å². The maximum atomic E-state index is 11.7. The van der Waals surface area contributed by atoms with E-state index >= 15 is 0 Å². The van der Waals surface area contributed by atoms with E-state index in [-0.39, 0.29) is 11.1 Å². The van der Waals surface area contributed by atoms with Gasteiger partial charge in [0.25, 0.3) is 5.91 Å². The SMILES string of the molecule is COc1cccc2cc(C(N)=O)c(=Nc3ccccc3)oc12. The molecule has 1 heterocycles. The molecule has 0 spiro atoms. The molecule has 5 heteroatoms. The largest absolute Gasteiger partial charge is 0.493 e. The van der Waals surface area contributed by atoms with Crippen molar-refractivity contribution in [3.63, 3.8) is 0 Å². The quantitative estimate of drug-likeness (QED) is 0.806. The van der Waals surface area contributed by atoms with Crippen LogP contribution in [0.15, 0.2) is 64.0 Å². The zero-order valence-electron chi connectivity index (χ0n) is 11.9. The number of rotatable bonds is 3. The lowest BCUT2D eigenvalue weighted by atomic mass is 10.1. The molecule has 1 aromatic heterocycles. The monoisotopic (exact) mass is 294 g/mol. The van der Waals surface area contributed by atoms with Crippen molar-refractivity contribution >= 4 is 22.6 Å². The van der Waals surface area contributed by atoms with Crippen LogP contribution >= 0.6 is 0 Å². The average molecular weight is 294 g/mol. The summed E-state index contributed by atoms with van der Waals surface area (Å²) >= 11 is 0. The highest BCUT2D eigenvalue weighted by molar-refractivity contribution is 5.96. The van der Waals surface area contributed by atoms with Gasteiger partial charge < -0.3 is 14.9 Å². The van der Waals surface area contributed by atoms with Gasteiger partial charge >= 0.3 is 0 Å². The van der Waals surface area contributed by atoms with Crippen LogP contribution in [-0.4, -0.2) is 13.0 Å². The minimum atomic E-state index is -0.594. The summed E-state index contributed by atoms with van der Waals surface area (Å²) in [6.45, 7) is 0. The van der Waals surface area contributed by atoms with E-state index in [2.05, 4.69) is 4.99 Å². The van der Waals surface area contributed by atoms with Crippen LogP contribution in [0.3, 0.4) is 0 Å². The van der Waals surface area contributed by atoms with E-state index in [9.17, 15) is 4.79 Å². The maximum Gasteiger partial charge on any atom is 0.254 e. The fraction of sp³-hybridized carbons (Fsp3) is 0.0588. The first kappa shape index (κ1) is 13.9. The van der Waals surface area contributed by atoms with Gasteiger partial charge in [-0.15, -0.1) is 0 Å². The molecule has 0 saturated carbocycles. The zero-order valence-corrected chi connectivity index (χ0v) is 11.9. The molecule has 0 atom stereocenters. The molecular formula is C17H14N2O3. The summed E-state index contributed by atoms with van der Waals surface area (Å²) in [4.78, 5) is 16.0. The van der Waals surface area contributed by atoms with Crippen LogP contribution in [0.25, 0.3) is 11.0 Å². The number of primary amides is 1. The zero-order chi connectivity index (χ0) is 15.5. The van der Waals surface area contributed by atoms with E-state index in [1.165, 1.54) is 0 Å². The number of nitrogens with zero attached hydrogens (tertiary/aromatic N) is 1. The van der Waals surface area contributed by atoms with Crippen LogP contribution in [0.5, 0.6) is 5.75 Å². The fourth-order valence-corrected chi connectivity index (χ4v) is 2.16. The molecule has 3 rings (SSSR count). The molecule has 0 fully saturated rings. The summed E-state index contributed by atoms with van der Waals surface area (Å²) in [7, 11) is 1.56. The van der Waals surface area contributed by atoms with Crippen LogP contribution in [-0.2, 0) is 0 Å². The number of ether oxygens (including phenoxy) is 1. The Morgan fingerprint density at radius 1 is 1.14 bits per heavy atom. The molecule has 5 nitrogen and oxygen atoms in total. The summed E-state index contributed by atoms with van der Waals surface area (Å²) in [6, 6.07) is 16.3. The Kier molecular flexibility index (Phi) is 3.62. The second-order valence-corrected chi connectivity index (χ2v) is 4.66. The average Bonchev–Trinajstić information content (AvgIpc) is 2.54. The molecule has 0 unspecified atom stereocenters. The molecule has 3 aromatic rings. The number of carbonyl (C=O) groups excluding carboxylic acids is 1. The van der Waals surface area contributed by atoms with Crippen molar-refractivity contribution in [3.8, 4) is 5.75 Å². The number of amides is 1. The Morgan fingerprint density at radius 3 is 2.59 bits per heavy atom. The van der Waals surface area contributed by atoms with Crippen molar-refractivity contribution in [2.75, 3.05) is 7.11 Å². The summed E-state index contributed by atoms with van der Waals surface area (Å²) in [5.41, 5.74) is 7.02. The number of para-hydroxylation sites is 2. The molecule has 2 aromatic carbocycles. The van der Waals surface area contributed by atoms with E-state index in [4.69, 9.17) is 14.9 Å². The molecule has 0 aliphatic heterocycles. The Labute approximate surface area is 126 Å². The molecule has 0 aliphatic rings. The lowest BCUT2D eigenvalue weighted by Gasteiger charge is -2.06. The van der Waals surface area contributed by atoms with Crippen LogP contribution in [0.2, 0.25) is 0 Å². The van der Waals surface area contributed by atoms with Gasteiger partial charge in [-0.25, -0.2) is 4.99 Å². The summed E-state index contributed by atoms with van der Waals surface area (Å²) in [5, 5.41) is 0.722. The summed E-state index contributed by atoms with van der Waals surface area (Å²) in [6.07, 6.45) is 0. The van der Waals surface area contributed by atoms with Gasteiger partial charge in [-0.2, -0.15) is 0 Å². The van der Waals surface area contributed by atoms with E-state index in [1.54, 1.807) is 19.2 Å². The van der Waals surface area contributed by atoms with Crippen molar-refractivity contribution in [2.24, 2.45) is 10.7 Å². The lowest BCUT2D eigenvalue weighted by Crippen LogP contribution is -2.21. The van der Waals surface area contributed by atoms with Gasteiger partial charge in [0.15, 0.2) is 11.3 Å². The Morgan fingerprint density at radius 2 is 1.91 bits per heavy atom. The molecule has 1 amide bonds. The van der Waals surface area contributed by atoms with Crippen LogP contribution in [0.1, 0.15) is 10.4 Å². The minimum Gasteiger partial charge on any atom is -0.493 e. The topological polar surface area (TPSA) is 77.8 Å². The third-order valence-electron chi connectivity index (χ3n) is 3.21. The highest BCUT2D eigenvalue weighted by Crippen LogP contribution is 2.24. The third kappa shape index (κ3) is 2.56. The highest BCUT2D eigenvalue weighted by Gasteiger charge is 2.11. The van der Waals surface area contributed by atoms with Gasteiger partial charge in [-0.1, -0.05) is 30.3 Å². The van der Waals surface area contributed by atoms with Gasteiger partial charge in [-0.3, -0.25) is 4.79 Å². The first-order chi connectivity index (χ1) is 10.7. The standard InChI is InChI=1S/C17H14N2O3/c1-21-14-9-5-6-11-10-13(16(18)20)17(22-15(11)14)19-12-7-3-2-4-8-12/h2-10H,1H3,(H2,18,20). The second-order valence-electron chi connectivity index (χ2n) is 4.66. The van der Waals surface area contributed by atoms with Crippen molar-refractivity contribution < 1.29 is 13.9 Å². The van der Waals surface area contributed by atoms with E-state index in [0.29, 0.717) is 17.0 Å². The molecular weight excluding hydrogens is 280 g/mol. The Bertz CT molecular complexity index is 899. The van der Waals surface area contributed by atoms with Crippen molar-refractivity contribution in [3.05, 3.63) is 65.7 Å². The maximum absolute atomic E-state index is 11.7. The van der Waals surface area contributed by atoms with Crippen LogP contribution < -0.4 is 16.0 Å². The smallest absolute Gasteiger partial charge is 0.254 e. The van der Waals surface area contributed by atoms with Gasteiger partial charge in [0.1, 0.15) is 5.56 Å². The fourth-order valence-electron chi connectivity index (χ4n) is 2.16. The van der Waals surface area contributed by atoms with Gasteiger partial charge in [0.05, 0.1) is 12.8 Å². The summed E-state index contributed by atoms with van der Waals surface area (Å²) < 4.78 is 11.1. The van der Waals surface area contributed by atoms with Crippen LogP contribution in [0, 0.1) is 0 Å². The molecule has 2 N–H and O–H groups in total. The predicted octanol–water partition coefficient (Wildman–Crippen LogP) is 2.77. The molecule has 0 saturated heterocycles. The molecule has 0 radical (unpaired) electrons. The number of carbonyl (C=O) groups is 1. The van der Waals surface area contributed by atoms with Crippen molar-refractivity contribution in [2.45, 2.75) is 0 Å². The first-order valence-electron chi connectivity index (χ1n) is 6.69. The number of benzene rings is 2. The van der Waals surface area contributed by atoms with Gasteiger partial charge in [0, 0.05) is 5.39 Å². The highest BCUT2D eigenvalue weighted by atomic mass is 16.5. The molecule has 110 valence electrons. The van der Waals surface area contributed by atoms with Gasteiger partial charge in [0.2, 0.25) is 5.55 Å². The molecule has 22 heavy (non-hydrogen) atoms. The minimum absolute atomic E-state index is 0.163. The third-order valence-corrected chi connectivity index (χ3v) is 3.21. The number of hydrogen-bond donors (Lipinski definition) is 1. The number of hydrogen-bond acceptors (Lipinski definition) is 4. The van der Waals surface area contributed by atoms with E-state index in [0.717, 1.165) is 5.39 Å². The number of nitrogens with two attached hydrogens (primary N) is 1. The normalized spacial score (nSPS) is 11.6. The Hall–Kier alpha value is -3.08. The lowest BCUT2D eigenvalue weighted by molar-refractivity contribution is 0.0996. The van der Waals surface area contributed by atoms with E-state index < -0.39 is 5.91 Å². The summed E-state index contributed by atoms with van der Waals surface area (Å²) in [5.74, 6) is -0.0267. The number of fused-ring (bicyclic) bond motifs is 1. The van der Waals surface area contributed by atoms with Crippen LogP contribution in [0.4, 0.5) is 5.69 Å².